The predicted molar refractivity (Wildman–Crippen MR) is 74.4 cm³/mol. The summed E-state index contributed by atoms with van der Waals surface area (Å²) in [6.07, 6.45) is 0. The van der Waals surface area contributed by atoms with Crippen LogP contribution < -0.4 is 5.32 Å². The molecule has 2 rings (SSSR count). The van der Waals surface area contributed by atoms with E-state index in [1.165, 1.54) is 0 Å². The van der Waals surface area contributed by atoms with Crippen molar-refractivity contribution in [2.45, 2.75) is 6.92 Å². The quantitative estimate of drug-likeness (QED) is 0.794. The topological polar surface area (TPSA) is 51.0 Å². The number of rotatable bonds is 2. The molecule has 1 N–H and O–H groups in total. The Hall–Kier alpha value is -0.630. The van der Waals surface area contributed by atoms with Crippen LogP contribution in [0.4, 0.5) is 5.82 Å². The number of furan rings is 1. The average Bonchev–Trinajstić information content (AvgIpc) is 2.69. The van der Waals surface area contributed by atoms with E-state index < -0.39 is 0 Å². The fourth-order valence-corrected chi connectivity index (χ4v) is 2.09. The molecule has 4 nitrogen and oxygen atoms in total. The van der Waals surface area contributed by atoms with Gasteiger partial charge in [0.15, 0.2) is 16.3 Å². The van der Waals surface area contributed by atoms with Crippen molar-refractivity contribution in [2.24, 2.45) is 0 Å². The van der Waals surface area contributed by atoms with E-state index in [0.29, 0.717) is 16.3 Å². The number of nitrogens with one attached hydrogen (secondary N) is 1. The molecule has 0 aromatic carbocycles. The fourth-order valence-electron chi connectivity index (χ4n) is 1.27. The molecule has 0 aliphatic carbocycles. The Morgan fingerprint density at radius 1 is 1.38 bits per heavy atom. The van der Waals surface area contributed by atoms with Crippen molar-refractivity contribution in [3.8, 4) is 11.6 Å². The van der Waals surface area contributed by atoms with Crippen molar-refractivity contribution in [1.29, 1.82) is 0 Å². The Balaban J connectivity index is 2.54. The van der Waals surface area contributed by atoms with Gasteiger partial charge >= 0.3 is 0 Å². The second-order valence-electron chi connectivity index (χ2n) is 3.15. The van der Waals surface area contributed by atoms with Gasteiger partial charge in [0.2, 0.25) is 0 Å². The van der Waals surface area contributed by atoms with Gasteiger partial charge in [-0.2, -0.15) is 0 Å². The first-order valence-electron chi connectivity index (χ1n) is 4.59. The minimum Gasteiger partial charge on any atom is -0.446 e. The smallest absolute Gasteiger partial charge is 0.197 e. The van der Waals surface area contributed by atoms with E-state index in [0.717, 1.165) is 15.1 Å². The molecule has 0 saturated heterocycles. The van der Waals surface area contributed by atoms with Crippen LogP contribution >= 0.6 is 38.5 Å². The minimum absolute atomic E-state index is 0.591. The highest BCUT2D eigenvalue weighted by Crippen LogP contribution is 2.26. The summed E-state index contributed by atoms with van der Waals surface area (Å²) in [7, 11) is 1.84. The summed E-state index contributed by atoms with van der Waals surface area (Å²) in [5.41, 5.74) is 0.933. The summed E-state index contributed by atoms with van der Waals surface area (Å²) in [5.74, 6) is 2.06. The van der Waals surface area contributed by atoms with Crippen LogP contribution in [0.2, 0.25) is 0 Å². The number of aromatic nitrogens is 2. The zero-order chi connectivity index (χ0) is 11.7. The van der Waals surface area contributed by atoms with E-state index in [9.17, 15) is 0 Å². The normalized spacial score (nSPS) is 10.5. The molecular formula is C10H9BrIN3O. The van der Waals surface area contributed by atoms with Gasteiger partial charge in [-0.05, 0) is 57.6 Å². The standard InChI is InChI=1S/C10H9BrIN3O/c1-5-8(12)10(13-2)15-9(14-5)6-3-4-7(11)16-6/h3-4H,1-2H3,(H,13,14,15). The molecule has 2 aromatic rings. The van der Waals surface area contributed by atoms with Crippen LogP contribution in [0.3, 0.4) is 0 Å². The van der Waals surface area contributed by atoms with Gasteiger partial charge in [-0.15, -0.1) is 0 Å². The summed E-state index contributed by atoms with van der Waals surface area (Å²) >= 11 is 5.48. The molecular weight excluding hydrogens is 385 g/mol. The Morgan fingerprint density at radius 3 is 2.69 bits per heavy atom. The Morgan fingerprint density at radius 2 is 2.12 bits per heavy atom. The van der Waals surface area contributed by atoms with Crippen LogP contribution in [0.25, 0.3) is 11.6 Å². The molecule has 2 aromatic heterocycles. The van der Waals surface area contributed by atoms with E-state index in [1.807, 2.05) is 26.1 Å². The van der Waals surface area contributed by atoms with E-state index in [-0.39, 0.29) is 0 Å². The van der Waals surface area contributed by atoms with Gasteiger partial charge in [0.05, 0.1) is 9.26 Å². The lowest BCUT2D eigenvalue weighted by atomic mass is 10.3. The monoisotopic (exact) mass is 393 g/mol. The Labute approximate surface area is 115 Å². The molecule has 0 bridgehead atoms. The third-order valence-corrected chi connectivity index (χ3v) is 3.76. The van der Waals surface area contributed by atoms with E-state index in [1.54, 1.807) is 0 Å². The number of hydrogen-bond acceptors (Lipinski definition) is 4. The molecule has 0 saturated carbocycles. The van der Waals surface area contributed by atoms with Gasteiger partial charge in [-0.1, -0.05) is 0 Å². The number of nitrogens with zero attached hydrogens (tertiary/aromatic N) is 2. The van der Waals surface area contributed by atoms with Crippen molar-refractivity contribution in [2.75, 3.05) is 12.4 Å². The minimum atomic E-state index is 0.591. The molecule has 84 valence electrons. The van der Waals surface area contributed by atoms with Crippen molar-refractivity contribution in [3.63, 3.8) is 0 Å². The van der Waals surface area contributed by atoms with E-state index >= 15 is 0 Å². The number of aryl methyl sites for hydroxylation is 1. The summed E-state index contributed by atoms with van der Waals surface area (Å²) in [6.45, 7) is 1.95. The average molecular weight is 394 g/mol. The first-order chi connectivity index (χ1) is 7.61. The van der Waals surface area contributed by atoms with Crippen LogP contribution in [0.15, 0.2) is 21.2 Å². The zero-order valence-corrected chi connectivity index (χ0v) is 12.5. The Kier molecular flexibility index (Phi) is 3.48. The maximum atomic E-state index is 5.43. The lowest BCUT2D eigenvalue weighted by molar-refractivity contribution is 0.551. The molecule has 0 atom stereocenters. The van der Waals surface area contributed by atoms with Crippen LogP contribution in [0.1, 0.15) is 5.69 Å². The van der Waals surface area contributed by atoms with Crippen LogP contribution in [0, 0.1) is 10.5 Å². The van der Waals surface area contributed by atoms with Crippen molar-refractivity contribution < 1.29 is 4.42 Å². The maximum Gasteiger partial charge on any atom is 0.197 e. The summed E-state index contributed by atoms with van der Waals surface area (Å²) in [4.78, 5) is 8.78. The molecule has 0 fully saturated rings. The molecule has 0 unspecified atom stereocenters. The SMILES string of the molecule is CNc1nc(-c2ccc(Br)o2)nc(C)c1I. The lowest BCUT2D eigenvalue weighted by Gasteiger charge is -2.06. The molecule has 16 heavy (non-hydrogen) atoms. The maximum absolute atomic E-state index is 5.43. The number of halogens is 2. The molecule has 0 aliphatic rings. The van der Waals surface area contributed by atoms with Crippen LogP contribution in [-0.2, 0) is 0 Å². The highest BCUT2D eigenvalue weighted by Gasteiger charge is 2.12. The van der Waals surface area contributed by atoms with Crippen molar-refractivity contribution in [1.82, 2.24) is 9.97 Å². The molecule has 0 spiro atoms. The largest absolute Gasteiger partial charge is 0.446 e. The van der Waals surface area contributed by atoms with Gasteiger partial charge in [0.1, 0.15) is 5.82 Å². The molecule has 2 heterocycles. The summed E-state index contributed by atoms with van der Waals surface area (Å²) in [6, 6.07) is 3.66. The first-order valence-corrected chi connectivity index (χ1v) is 6.46. The second-order valence-corrected chi connectivity index (χ2v) is 5.01. The summed E-state index contributed by atoms with van der Waals surface area (Å²) < 4.78 is 7.12. The van der Waals surface area contributed by atoms with Crippen molar-refractivity contribution in [3.05, 3.63) is 26.1 Å². The van der Waals surface area contributed by atoms with Gasteiger partial charge in [-0.25, -0.2) is 9.97 Å². The van der Waals surface area contributed by atoms with Crippen LogP contribution in [0.5, 0.6) is 0 Å². The van der Waals surface area contributed by atoms with E-state index in [4.69, 9.17) is 4.42 Å². The van der Waals surface area contributed by atoms with Crippen LogP contribution in [-0.4, -0.2) is 17.0 Å². The third-order valence-electron chi connectivity index (χ3n) is 2.05. The van der Waals surface area contributed by atoms with Gasteiger partial charge in [0, 0.05) is 7.05 Å². The molecule has 6 heteroatoms. The number of hydrogen-bond donors (Lipinski definition) is 1. The second kappa shape index (κ2) is 4.70. The van der Waals surface area contributed by atoms with E-state index in [2.05, 4.69) is 53.8 Å². The molecule has 0 amide bonds. The fraction of sp³-hybridized carbons (Fsp3) is 0.200. The highest BCUT2D eigenvalue weighted by molar-refractivity contribution is 14.1. The zero-order valence-electron chi connectivity index (χ0n) is 8.71. The molecule has 0 aliphatic heterocycles. The van der Waals surface area contributed by atoms with Gasteiger partial charge in [0.25, 0.3) is 0 Å². The van der Waals surface area contributed by atoms with Gasteiger partial charge < -0.3 is 9.73 Å². The first kappa shape index (κ1) is 11.8. The number of anilines is 1. The van der Waals surface area contributed by atoms with Crippen molar-refractivity contribution >= 4 is 44.3 Å². The predicted octanol–water partition coefficient (Wildman–Crippen LogP) is 3.45. The summed E-state index contributed by atoms with van der Waals surface area (Å²) in [5, 5.41) is 3.04. The molecule has 0 radical (unpaired) electrons. The Bertz CT molecular complexity index is 527. The lowest BCUT2D eigenvalue weighted by Crippen LogP contribution is -2.02. The van der Waals surface area contributed by atoms with Gasteiger partial charge in [-0.3, -0.25) is 0 Å². The third kappa shape index (κ3) is 2.22. The highest BCUT2D eigenvalue weighted by atomic mass is 127.